The zero-order valence-electron chi connectivity index (χ0n) is 8.86. The van der Waals surface area contributed by atoms with Crippen molar-refractivity contribution in [2.45, 2.75) is 19.8 Å². The van der Waals surface area contributed by atoms with Gasteiger partial charge in [0.15, 0.2) is 0 Å². The number of para-hydroxylation sites is 1. The van der Waals surface area contributed by atoms with Crippen LogP contribution >= 0.6 is 0 Å². The third kappa shape index (κ3) is 1.69. The van der Waals surface area contributed by atoms with Crippen molar-refractivity contribution in [3.63, 3.8) is 0 Å². The Labute approximate surface area is 89.2 Å². The van der Waals surface area contributed by atoms with E-state index in [2.05, 4.69) is 24.9 Å². The van der Waals surface area contributed by atoms with Crippen molar-refractivity contribution in [2.24, 2.45) is 0 Å². The van der Waals surface area contributed by atoms with Gasteiger partial charge in [-0.25, -0.2) is 0 Å². The van der Waals surface area contributed by atoms with Crippen LogP contribution in [0.15, 0.2) is 30.3 Å². The molecule has 2 aromatic rings. The molecule has 2 rings (SSSR count). The normalized spacial score (nSPS) is 10.5. The van der Waals surface area contributed by atoms with E-state index in [0.29, 0.717) is 11.5 Å². The molecule has 0 aliphatic rings. The molecule has 0 amide bonds. The minimum atomic E-state index is 0.349. The van der Waals surface area contributed by atoms with Crippen LogP contribution in [0.1, 0.15) is 31.0 Å². The van der Waals surface area contributed by atoms with E-state index >= 15 is 0 Å². The molecule has 1 aromatic carbocycles. The number of rotatable bonds is 1. The lowest BCUT2D eigenvalue weighted by atomic mass is 10.0. The fourth-order valence-electron chi connectivity index (χ4n) is 1.58. The van der Waals surface area contributed by atoms with Gasteiger partial charge >= 0.3 is 0 Å². The smallest absolute Gasteiger partial charge is 0.0999 e. The summed E-state index contributed by atoms with van der Waals surface area (Å²) in [5, 5.41) is 10.00. The molecule has 15 heavy (non-hydrogen) atoms. The van der Waals surface area contributed by atoms with Gasteiger partial charge in [0.05, 0.1) is 17.1 Å². The third-order valence-electron chi connectivity index (χ3n) is 2.45. The number of nitriles is 1. The second kappa shape index (κ2) is 3.70. The van der Waals surface area contributed by atoms with Crippen LogP contribution in [-0.4, -0.2) is 4.98 Å². The van der Waals surface area contributed by atoms with Gasteiger partial charge in [0, 0.05) is 11.1 Å². The van der Waals surface area contributed by atoms with Crippen molar-refractivity contribution in [1.82, 2.24) is 4.98 Å². The third-order valence-corrected chi connectivity index (χ3v) is 2.45. The molecule has 0 bridgehead atoms. The predicted octanol–water partition coefficient (Wildman–Crippen LogP) is 3.23. The lowest BCUT2D eigenvalue weighted by Crippen LogP contribution is -1.95. The summed E-state index contributed by atoms with van der Waals surface area (Å²) in [4.78, 5) is 4.53. The van der Waals surface area contributed by atoms with Gasteiger partial charge in [-0.1, -0.05) is 32.0 Å². The van der Waals surface area contributed by atoms with Gasteiger partial charge in [-0.2, -0.15) is 5.26 Å². The maximum absolute atomic E-state index is 9.06. The summed E-state index contributed by atoms with van der Waals surface area (Å²) in [5.41, 5.74) is 2.59. The monoisotopic (exact) mass is 196 g/mol. The van der Waals surface area contributed by atoms with E-state index in [1.54, 1.807) is 0 Å². The van der Waals surface area contributed by atoms with Crippen LogP contribution in [0.4, 0.5) is 0 Å². The Bertz CT molecular complexity index is 536. The number of benzene rings is 1. The van der Waals surface area contributed by atoms with Crippen molar-refractivity contribution in [3.8, 4) is 6.07 Å². The van der Waals surface area contributed by atoms with Crippen LogP contribution in [-0.2, 0) is 0 Å². The summed E-state index contributed by atoms with van der Waals surface area (Å²) in [7, 11) is 0. The van der Waals surface area contributed by atoms with Gasteiger partial charge in [0.1, 0.15) is 0 Å². The van der Waals surface area contributed by atoms with E-state index in [9.17, 15) is 0 Å². The van der Waals surface area contributed by atoms with Gasteiger partial charge in [-0.3, -0.25) is 4.98 Å². The highest BCUT2D eigenvalue weighted by Crippen LogP contribution is 2.21. The number of aromatic nitrogens is 1. The first-order valence-electron chi connectivity index (χ1n) is 5.02. The van der Waals surface area contributed by atoms with Crippen molar-refractivity contribution in [3.05, 3.63) is 41.6 Å². The largest absolute Gasteiger partial charge is 0.252 e. The molecule has 0 aliphatic heterocycles. The molecule has 0 saturated heterocycles. The fraction of sp³-hybridized carbons (Fsp3) is 0.231. The Kier molecular flexibility index (Phi) is 2.39. The Morgan fingerprint density at radius 1 is 1.27 bits per heavy atom. The van der Waals surface area contributed by atoms with E-state index in [1.165, 1.54) is 0 Å². The summed E-state index contributed by atoms with van der Waals surface area (Å²) >= 11 is 0. The van der Waals surface area contributed by atoms with Crippen molar-refractivity contribution in [1.29, 1.82) is 5.26 Å². The first-order chi connectivity index (χ1) is 7.22. The summed E-state index contributed by atoms with van der Waals surface area (Å²) < 4.78 is 0. The molecular formula is C13H12N2. The van der Waals surface area contributed by atoms with Crippen LogP contribution in [0.25, 0.3) is 10.9 Å². The molecule has 0 unspecified atom stereocenters. The zero-order valence-corrected chi connectivity index (χ0v) is 8.86. The summed E-state index contributed by atoms with van der Waals surface area (Å²) in [5.74, 6) is 0.349. The molecular weight excluding hydrogens is 184 g/mol. The number of hydrogen-bond acceptors (Lipinski definition) is 2. The molecule has 0 N–H and O–H groups in total. The highest BCUT2D eigenvalue weighted by Gasteiger charge is 2.07. The van der Waals surface area contributed by atoms with E-state index in [1.807, 2.05) is 30.3 Å². The topological polar surface area (TPSA) is 36.7 Å². The van der Waals surface area contributed by atoms with Crippen LogP contribution in [0.3, 0.4) is 0 Å². The average Bonchev–Trinajstić information content (AvgIpc) is 2.27. The lowest BCUT2D eigenvalue weighted by molar-refractivity contribution is 0.829. The molecule has 1 heterocycles. The lowest BCUT2D eigenvalue weighted by Gasteiger charge is -2.07. The number of hydrogen-bond donors (Lipinski definition) is 0. The molecule has 1 aromatic heterocycles. The Morgan fingerprint density at radius 3 is 2.67 bits per heavy atom. The summed E-state index contributed by atoms with van der Waals surface area (Å²) in [6, 6.07) is 11.9. The molecule has 74 valence electrons. The number of fused-ring (bicyclic) bond motifs is 1. The minimum absolute atomic E-state index is 0.349. The highest BCUT2D eigenvalue weighted by molar-refractivity contribution is 5.84. The molecule has 0 spiro atoms. The van der Waals surface area contributed by atoms with E-state index < -0.39 is 0 Å². The maximum Gasteiger partial charge on any atom is 0.0999 e. The van der Waals surface area contributed by atoms with E-state index in [4.69, 9.17) is 5.26 Å². The molecule has 2 nitrogen and oxygen atoms in total. The summed E-state index contributed by atoms with van der Waals surface area (Å²) in [6.07, 6.45) is 0. The SMILES string of the molecule is CC(C)c1cc(C#N)c2ccccc2n1. The van der Waals surface area contributed by atoms with Crippen LogP contribution in [0, 0.1) is 11.3 Å². The number of pyridine rings is 1. The maximum atomic E-state index is 9.06. The van der Waals surface area contributed by atoms with E-state index in [-0.39, 0.29) is 0 Å². The average molecular weight is 196 g/mol. The minimum Gasteiger partial charge on any atom is -0.252 e. The van der Waals surface area contributed by atoms with Crippen molar-refractivity contribution >= 4 is 10.9 Å². The second-order valence-electron chi connectivity index (χ2n) is 3.88. The van der Waals surface area contributed by atoms with Crippen molar-refractivity contribution < 1.29 is 0 Å². The Hall–Kier alpha value is -1.88. The first-order valence-corrected chi connectivity index (χ1v) is 5.02. The molecule has 0 saturated carbocycles. The highest BCUT2D eigenvalue weighted by atomic mass is 14.7. The van der Waals surface area contributed by atoms with Gasteiger partial charge in [0.2, 0.25) is 0 Å². The molecule has 0 atom stereocenters. The molecule has 0 fully saturated rings. The van der Waals surface area contributed by atoms with Gasteiger partial charge in [-0.05, 0) is 18.1 Å². The molecule has 2 heteroatoms. The van der Waals surface area contributed by atoms with E-state index in [0.717, 1.165) is 16.6 Å². The first kappa shape index (κ1) is 9.67. The molecule has 0 aliphatic carbocycles. The van der Waals surface area contributed by atoms with Crippen LogP contribution in [0.2, 0.25) is 0 Å². The van der Waals surface area contributed by atoms with Crippen LogP contribution < -0.4 is 0 Å². The van der Waals surface area contributed by atoms with Gasteiger partial charge in [0.25, 0.3) is 0 Å². The standard InChI is InChI=1S/C13H12N2/c1-9(2)13-7-10(8-14)11-5-3-4-6-12(11)15-13/h3-7,9H,1-2H3. The van der Waals surface area contributed by atoms with Crippen molar-refractivity contribution in [2.75, 3.05) is 0 Å². The van der Waals surface area contributed by atoms with Gasteiger partial charge < -0.3 is 0 Å². The zero-order chi connectivity index (χ0) is 10.8. The second-order valence-corrected chi connectivity index (χ2v) is 3.88. The van der Waals surface area contributed by atoms with Gasteiger partial charge in [-0.15, -0.1) is 0 Å². The molecule has 0 radical (unpaired) electrons. The Morgan fingerprint density at radius 2 is 2.00 bits per heavy atom. The van der Waals surface area contributed by atoms with Crippen LogP contribution in [0.5, 0.6) is 0 Å². The predicted molar refractivity (Wildman–Crippen MR) is 60.5 cm³/mol. The quantitative estimate of drug-likeness (QED) is 0.702. The Balaban J connectivity index is 2.78. The fourth-order valence-corrected chi connectivity index (χ4v) is 1.58. The summed E-state index contributed by atoms with van der Waals surface area (Å²) in [6.45, 7) is 4.16. The number of nitrogens with zero attached hydrogens (tertiary/aromatic N) is 2.